The zero-order valence-electron chi connectivity index (χ0n) is 16.5. The average Bonchev–Trinajstić information content (AvgIpc) is 3.33. The number of benzene rings is 1. The lowest BCUT2D eigenvalue weighted by Gasteiger charge is -2.13. The molecular weight excluding hydrogens is 399 g/mol. The van der Waals surface area contributed by atoms with E-state index < -0.39 is 11.7 Å². The van der Waals surface area contributed by atoms with Crippen LogP contribution in [-0.2, 0) is 6.18 Å². The molecule has 4 nitrogen and oxygen atoms in total. The Hall–Kier alpha value is -1.93. The zero-order valence-corrected chi connectivity index (χ0v) is 17.3. The number of alkyl halides is 3. The Labute approximate surface area is 173 Å². The molecule has 1 fully saturated rings. The first kappa shape index (κ1) is 21.8. The summed E-state index contributed by atoms with van der Waals surface area (Å²) < 4.78 is 39.8. The monoisotopic (exact) mass is 425 g/mol. The normalized spacial score (nSPS) is 15.0. The van der Waals surface area contributed by atoms with Crippen molar-refractivity contribution in [2.45, 2.75) is 45.2 Å². The van der Waals surface area contributed by atoms with Gasteiger partial charge >= 0.3 is 6.18 Å². The minimum Gasteiger partial charge on any atom is -0.351 e. The Balaban J connectivity index is 1.54. The van der Waals surface area contributed by atoms with Gasteiger partial charge in [0.25, 0.3) is 5.91 Å². The van der Waals surface area contributed by atoms with Gasteiger partial charge in [0.1, 0.15) is 9.88 Å². The van der Waals surface area contributed by atoms with Crippen molar-refractivity contribution < 1.29 is 18.0 Å². The number of rotatable bonds is 8. The minimum atomic E-state index is -4.46. The van der Waals surface area contributed by atoms with Crippen molar-refractivity contribution in [3.63, 3.8) is 0 Å². The van der Waals surface area contributed by atoms with Crippen LogP contribution in [0.3, 0.4) is 0 Å². The number of nitrogens with one attached hydrogen (secondary N) is 1. The van der Waals surface area contributed by atoms with E-state index >= 15 is 0 Å². The molecule has 0 radical (unpaired) electrons. The lowest BCUT2D eigenvalue weighted by Crippen LogP contribution is -2.24. The van der Waals surface area contributed by atoms with Crippen LogP contribution < -0.4 is 5.32 Å². The van der Waals surface area contributed by atoms with Gasteiger partial charge in [-0.15, -0.1) is 11.3 Å². The zero-order chi connectivity index (χ0) is 20.9. The maximum atomic E-state index is 13.3. The SMILES string of the molecule is Cc1nc(-c2ccccc2C(F)(F)F)sc1C(=O)NCCCCCN1CCCC1. The molecule has 1 aliphatic heterocycles. The number of thiazole rings is 1. The van der Waals surface area contributed by atoms with Gasteiger partial charge in [-0.3, -0.25) is 4.79 Å². The summed E-state index contributed by atoms with van der Waals surface area (Å²) in [4.78, 5) is 19.5. The molecule has 2 aromatic rings. The van der Waals surface area contributed by atoms with Gasteiger partial charge in [0.05, 0.1) is 11.3 Å². The molecule has 2 heterocycles. The third-order valence-electron chi connectivity index (χ3n) is 5.10. The molecule has 3 rings (SSSR count). The maximum absolute atomic E-state index is 13.3. The van der Waals surface area contributed by atoms with Crippen molar-refractivity contribution in [2.75, 3.05) is 26.2 Å². The van der Waals surface area contributed by atoms with Gasteiger partial charge in [-0.25, -0.2) is 4.98 Å². The molecule has 158 valence electrons. The van der Waals surface area contributed by atoms with E-state index in [2.05, 4.69) is 15.2 Å². The van der Waals surface area contributed by atoms with E-state index in [1.807, 2.05) is 0 Å². The van der Waals surface area contributed by atoms with Gasteiger partial charge in [-0.05, 0) is 58.3 Å². The van der Waals surface area contributed by atoms with Crippen molar-refractivity contribution >= 4 is 17.2 Å². The van der Waals surface area contributed by atoms with Gasteiger partial charge in [-0.1, -0.05) is 24.6 Å². The summed E-state index contributed by atoms with van der Waals surface area (Å²) in [5.74, 6) is -0.268. The highest BCUT2D eigenvalue weighted by Gasteiger charge is 2.34. The lowest BCUT2D eigenvalue weighted by molar-refractivity contribution is -0.137. The van der Waals surface area contributed by atoms with Gasteiger partial charge in [-0.2, -0.15) is 13.2 Å². The van der Waals surface area contributed by atoms with Gasteiger partial charge in [0, 0.05) is 12.1 Å². The van der Waals surface area contributed by atoms with E-state index in [-0.39, 0.29) is 16.5 Å². The topological polar surface area (TPSA) is 45.2 Å². The molecule has 8 heteroatoms. The third-order valence-corrected chi connectivity index (χ3v) is 6.29. The van der Waals surface area contributed by atoms with Crippen LogP contribution in [0.2, 0.25) is 0 Å². The third kappa shape index (κ3) is 5.79. The van der Waals surface area contributed by atoms with E-state index in [0.29, 0.717) is 17.1 Å². The Bertz CT molecular complexity index is 829. The smallest absolute Gasteiger partial charge is 0.351 e. The van der Waals surface area contributed by atoms with E-state index in [1.165, 1.54) is 38.1 Å². The molecule has 1 aliphatic rings. The van der Waals surface area contributed by atoms with Gasteiger partial charge in [0.2, 0.25) is 0 Å². The molecule has 0 spiro atoms. The second-order valence-electron chi connectivity index (χ2n) is 7.34. The molecule has 1 aromatic heterocycles. The fourth-order valence-electron chi connectivity index (χ4n) is 3.56. The fourth-order valence-corrected chi connectivity index (χ4v) is 4.59. The highest BCUT2D eigenvalue weighted by atomic mass is 32.1. The first-order chi connectivity index (χ1) is 13.9. The van der Waals surface area contributed by atoms with Crippen molar-refractivity contribution in [3.05, 3.63) is 40.4 Å². The quantitative estimate of drug-likeness (QED) is 0.596. The van der Waals surface area contributed by atoms with Crippen LogP contribution >= 0.6 is 11.3 Å². The molecule has 0 bridgehead atoms. The molecule has 1 aromatic carbocycles. The van der Waals surface area contributed by atoms with Crippen molar-refractivity contribution in [3.8, 4) is 10.6 Å². The van der Waals surface area contributed by atoms with Gasteiger partial charge in [0.15, 0.2) is 0 Å². The second-order valence-corrected chi connectivity index (χ2v) is 8.34. The van der Waals surface area contributed by atoms with Crippen molar-refractivity contribution in [1.82, 2.24) is 15.2 Å². The summed E-state index contributed by atoms with van der Waals surface area (Å²) in [6, 6.07) is 5.32. The van der Waals surface area contributed by atoms with Crippen molar-refractivity contribution in [2.24, 2.45) is 0 Å². The van der Waals surface area contributed by atoms with Crippen LogP contribution in [0.5, 0.6) is 0 Å². The number of nitrogens with zero attached hydrogens (tertiary/aromatic N) is 2. The highest BCUT2D eigenvalue weighted by Crippen LogP contribution is 2.38. The van der Waals surface area contributed by atoms with E-state index in [4.69, 9.17) is 0 Å². The molecule has 29 heavy (non-hydrogen) atoms. The number of hydrogen-bond donors (Lipinski definition) is 1. The fraction of sp³-hybridized carbons (Fsp3) is 0.524. The highest BCUT2D eigenvalue weighted by molar-refractivity contribution is 7.17. The number of aromatic nitrogens is 1. The average molecular weight is 426 g/mol. The van der Waals surface area contributed by atoms with Gasteiger partial charge < -0.3 is 10.2 Å². The number of amides is 1. The number of unbranched alkanes of at least 4 members (excludes halogenated alkanes) is 2. The van der Waals surface area contributed by atoms with Crippen LogP contribution in [-0.4, -0.2) is 42.0 Å². The Kier molecular flexibility index (Phi) is 7.29. The molecule has 0 saturated carbocycles. The summed E-state index contributed by atoms with van der Waals surface area (Å²) in [5, 5.41) is 3.09. The number of aryl methyl sites for hydroxylation is 1. The molecule has 0 atom stereocenters. The van der Waals surface area contributed by atoms with Crippen molar-refractivity contribution in [1.29, 1.82) is 0 Å². The number of likely N-dealkylation sites (tertiary alicyclic amines) is 1. The molecule has 1 N–H and O–H groups in total. The first-order valence-electron chi connectivity index (χ1n) is 10.0. The summed E-state index contributed by atoms with van der Waals surface area (Å²) in [6.45, 7) is 5.72. The lowest BCUT2D eigenvalue weighted by atomic mass is 10.1. The Morgan fingerprint density at radius 1 is 1.17 bits per heavy atom. The molecule has 0 aliphatic carbocycles. The molecular formula is C21H26F3N3OS. The van der Waals surface area contributed by atoms with Crippen LogP contribution in [0, 0.1) is 6.92 Å². The number of halogens is 3. The number of carbonyl (C=O) groups excluding carboxylic acids is 1. The van der Waals surface area contributed by atoms with E-state index in [1.54, 1.807) is 13.0 Å². The number of hydrogen-bond acceptors (Lipinski definition) is 4. The van der Waals surface area contributed by atoms with Crippen LogP contribution in [0.15, 0.2) is 24.3 Å². The van der Waals surface area contributed by atoms with E-state index in [9.17, 15) is 18.0 Å². The summed E-state index contributed by atoms with van der Waals surface area (Å²) in [5.41, 5.74) is -0.277. The summed E-state index contributed by atoms with van der Waals surface area (Å²) >= 11 is 1.01. The standard InChI is InChI=1S/C21H26F3N3OS/c1-15-18(19(28)25-11-5-2-6-12-27-13-7-8-14-27)29-20(26-15)16-9-3-4-10-17(16)21(22,23)24/h3-4,9-10H,2,5-8,11-14H2,1H3,(H,25,28). The summed E-state index contributed by atoms with van der Waals surface area (Å²) in [6.07, 6.45) is 1.17. The maximum Gasteiger partial charge on any atom is 0.417 e. The number of carbonyl (C=O) groups is 1. The van der Waals surface area contributed by atoms with Crippen LogP contribution in [0.25, 0.3) is 10.6 Å². The summed E-state index contributed by atoms with van der Waals surface area (Å²) in [7, 11) is 0. The van der Waals surface area contributed by atoms with Crippen LogP contribution in [0.4, 0.5) is 13.2 Å². The Morgan fingerprint density at radius 3 is 2.62 bits per heavy atom. The molecule has 0 unspecified atom stereocenters. The Morgan fingerprint density at radius 2 is 1.90 bits per heavy atom. The first-order valence-corrected chi connectivity index (χ1v) is 10.8. The largest absolute Gasteiger partial charge is 0.417 e. The van der Waals surface area contributed by atoms with Crippen LogP contribution in [0.1, 0.15) is 53.0 Å². The molecule has 1 amide bonds. The molecule has 1 saturated heterocycles. The predicted octanol–water partition coefficient (Wildman–Crippen LogP) is 5.13. The minimum absolute atomic E-state index is 0.00839. The van der Waals surface area contributed by atoms with E-state index in [0.717, 1.165) is 43.2 Å². The predicted molar refractivity (Wildman–Crippen MR) is 109 cm³/mol. The second kappa shape index (κ2) is 9.71.